The van der Waals surface area contributed by atoms with Crippen molar-refractivity contribution in [2.75, 3.05) is 11.8 Å². The van der Waals surface area contributed by atoms with Gasteiger partial charge in [0.15, 0.2) is 5.78 Å². The van der Waals surface area contributed by atoms with Crippen LogP contribution in [0, 0.1) is 11.6 Å². The summed E-state index contributed by atoms with van der Waals surface area (Å²) in [5.74, 6) is -1.68. The first-order valence-corrected chi connectivity index (χ1v) is 12.3. The SMILES string of the molecule is COc1ccc2c(c1)C(=CC(=O)c1cccc(NS(=O)(=O)c3cc(F)ccc3F)c1)NC(C)(C)C2. The summed E-state index contributed by atoms with van der Waals surface area (Å²) in [5.41, 5.74) is 2.49. The number of carbonyl (C=O) groups is 1. The second-order valence-corrected chi connectivity index (χ2v) is 10.5. The molecule has 0 amide bonds. The first-order valence-electron chi connectivity index (χ1n) is 10.8. The van der Waals surface area contributed by atoms with E-state index in [0.29, 0.717) is 17.5 Å². The van der Waals surface area contributed by atoms with Crippen molar-refractivity contribution in [3.63, 3.8) is 0 Å². The normalized spacial score (nSPS) is 15.7. The minimum absolute atomic E-state index is 0.0388. The van der Waals surface area contributed by atoms with Crippen molar-refractivity contribution < 1.29 is 26.7 Å². The Morgan fingerprint density at radius 1 is 1.09 bits per heavy atom. The van der Waals surface area contributed by atoms with Crippen molar-refractivity contribution in [2.45, 2.75) is 30.7 Å². The van der Waals surface area contributed by atoms with Gasteiger partial charge in [-0.3, -0.25) is 9.52 Å². The number of rotatable bonds is 6. The lowest BCUT2D eigenvalue weighted by Crippen LogP contribution is -2.43. The molecule has 0 spiro atoms. The molecule has 3 aromatic rings. The van der Waals surface area contributed by atoms with Crippen molar-refractivity contribution >= 4 is 27.2 Å². The molecule has 2 N–H and O–H groups in total. The Morgan fingerprint density at radius 3 is 2.60 bits per heavy atom. The molecular formula is C26H24F2N2O4S. The Morgan fingerprint density at radius 2 is 1.86 bits per heavy atom. The van der Waals surface area contributed by atoms with Gasteiger partial charge in [-0.15, -0.1) is 0 Å². The summed E-state index contributed by atoms with van der Waals surface area (Å²) in [5, 5.41) is 3.38. The van der Waals surface area contributed by atoms with Crippen molar-refractivity contribution in [3.8, 4) is 5.75 Å². The number of halogens is 2. The number of nitrogens with one attached hydrogen (secondary N) is 2. The van der Waals surface area contributed by atoms with Crippen LogP contribution in [-0.4, -0.2) is 26.8 Å². The van der Waals surface area contributed by atoms with E-state index in [4.69, 9.17) is 4.74 Å². The van der Waals surface area contributed by atoms with E-state index in [1.807, 2.05) is 32.0 Å². The van der Waals surface area contributed by atoms with E-state index in [-0.39, 0.29) is 22.6 Å². The number of ether oxygens (including phenoxy) is 1. The van der Waals surface area contributed by atoms with Crippen LogP contribution in [0.1, 0.15) is 35.3 Å². The predicted molar refractivity (Wildman–Crippen MR) is 130 cm³/mol. The number of sulfonamides is 1. The van der Waals surface area contributed by atoms with E-state index in [0.717, 1.165) is 29.7 Å². The summed E-state index contributed by atoms with van der Waals surface area (Å²) in [6.45, 7) is 4.05. The fourth-order valence-corrected chi connectivity index (χ4v) is 5.14. The molecule has 35 heavy (non-hydrogen) atoms. The summed E-state index contributed by atoms with van der Waals surface area (Å²) < 4.78 is 60.2. The second-order valence-electron chi connectivity index (χ2n) is 8.89. The number of carbonyl (C=O) groups excluding carboxylic acids is 1. The molecule has 1 aliphatic rings. The molecule has 1 heterocycles. The van der Waals surface area contributed by atoms with Crippen LogP contribution < -0.4 is 14.8 Å². The van der Waals surface area contributed by atoms with E-state index in [1.54, 1.807) is 13.2 Å². The lowest BCUT2D eigenvalue weighted by molar-refractivity contribution is 0.104. The first kappa shape index (κ1) is 24.4. The summed E-state index contributed by atoms with van der Waals surface area (Å²) in [6.07, 6.45) is 2.21. The quantitative estimate of drug-likeness (QED) is 0.372. The van der Waals surface area contributed by atoms with Gasteiger partial charge in [0, 0.05) is 34.1 Å². The Bertz CT molecular complexity index is 1450. The van der Waals surface area contributed by atoms with Gasteiger partial charge in [-0.05, 0) is 68.3 Å². The van der Waals surface area contributed by atoms with Crippen LogP contribution in [0.4, 0.5) is 14.5 Å². The molecule has 0 atom stereocenters. The van der Waals surface area contributed by atoms with Gasteiger partial charge in [0.05, 0.1) is 7.11 Å². The van der Waals surface area contributed by atoms with E-state index in [1.165, 1.54) is 24.3 Å². The summed E-state index contributed by atoms with van der Waals surface area (Å²) in [7, 11) is -2.85. The molecule has 0 aromatic heterocycles. The lowest BCUT2D eigenvalue weighted by Gasteiger charge is -2.35. The highest BCUT2D eigenvalue weighted by atomic mass is 32.2. The van der Waals surface area contributed by atoms with Crippen LogP contribution in [0.2, 0.25) is 0 Å². The maximum atomic E-state index is 14.0. The zero-order valence-electron chi connectivity index (χ0n) is 19.4. The minimum atomic E-state index is -4.42. The highest BCUT2D eigenvalue weighted by molar-refractivity contribution is 7.92. The molecule has 0 aliphatic carbocycles. The topological polar surface area (TPSA) is 84.5 Å². The molecule has 182 valence electrons. The number of anilines is 1. The lowest BCUT2D eigenvalue weighted by atomic mass is 9.85. The van der Waals surface area contributed by atoms with Gasteiger partial charge in [0.2, 0.25) is 0 Å². The molecule has 0 fully saturated rings. The van der Waals surface area contributed by atoms with Crippen molar-refractivity contribution in [1.29, 1.82) is 0 Å². The Labute approximate surface area is 202 Å². The molecule has 0 unspecified atom stereocenters. The van der Waals surface area contributed by atoms with E-state index in [9.17, 15) is 22.0 Å². The van der Waals surface area contributed by atoms with Crippen LogP contribution in [0.5, 0.6) is 5.75 Å². The van der Waals surface area contributed by atoms with Gasteiger partial charge in [-0.1, -0.05) is 18.2 Å². The van der Waals surface area contributed by atoms with Crippen LogP contribution in [0.25, 0.3) is 5.70 Å². The standard InChI is InChI=1S/C26H24F2N2O4S/c1-26(2)15-17-7-9-20(34-3)13-21(17)23(29-26)14-24(31)16-5-4-6-19(11-16)30-35(32,33)25-12-18(27)8-10-22(25)28/h4-14,29-30H,15H2,1-3H3. The zero-order valence-corrected chi connectivity index (χ0v) is 20.2. The molecule has 0 radical (unpaired) electrons. The van der Waals surface area contributed by atoms with E-state index >= 15 is 0 Å². The molecule has 0 saturated heterocycles. The number of allylic oxidation sites excluding steroid dienone is 1. The average molecular weight is 499 g/mol. The number of ketones is 1. The van der Waals surface area contributed by atoms with E-state index < -0.39 is 26.6 Å². The number of methoxy groups -OCH3 is 1. The largest absolute Gasteiger partial charge is 0.497 e. The van der Waals surface area contributed by atoms with E-state index in [2.05, 4.69) is 10.0 Å². The molecule has 1 aliphatic heterocycles. The smallest absolute Gasteiger partial charge is 0.264 e. The average Bonchev–Trinajstić information content (AvgIpc) is 2.79. The van der Waals surface area contributed by atoms with Crippen LogP contribution in [0.3, 0.4) is 0 Å². The molecule has 3 aromatic carbocycles. The van der Waals surface area contributed by atoms with Crippen molar-refractivity contribution in [3.05, 3.63) is 95.1 Å². The minimum Gasteiger partial charge on any atom is -0.497 e. The zero-order chi connectivity index (χ0) is 25.4. The summed E-state index contributed by atoms with van der Waals surface area (Å²) in [4.78, 5) is 12.3. The van der Waals surface area contributed by atoms with Crippen molar-refractivity contribution in [2.24, 2.45) is 0 Å². The van der Waals surface area contributed by atoms with Gasteiger partial charge in [-0.25, -0.2) is 17.2 Å². The number of hydrogen-bond acceptors (Lipinski definition) is 5. The molecular weight excluding hydrogens is 474 g/mol. The number of benzene rings is 3. The Hall–Kier alpha value is -3.72. The highest BCUT2D eigenvalue weighted by Gasteiger charge is 2.28. The third kappa shape index (κ3) is 5.35. The van der Waals surface area contributed by atoms with Gasteiger partial charge < -0.3 is 10.1 Å². The molecule has 0 bridgehead atoms. The molecule has 9 heteroatoms. The van der Waals surface area contributed by atoms with Gasteiger partial charge in [-0.2, -0.15) is 0 Å². The Balaban J connectivity index is 1.65. The number of fused-ring (bicyclic) bond motifs is 1. The Kier molecular flexibility index (Phi) is 6.38. The molecule has 4 rings (SSSR count). The predicted octanol–water partition coefficient (Wildman–Crippen LogP) is 4.92. The van der Waals surface area contributed by atoms with Crippen LogP contribution in [-0.2, 0) is 16.4 Å². The second kappa shape index (κ2) is 9.14. The fourth-order valence-electron chi connectivity index (χ4n) is 4.00. The molecule has 0 saturated carbocycles. The highest BCUT2D eigenvalue weighted by Crippen LogP contribution is 2.32. The summed E-state index contributed by atoms with van der Waals surface area (Å²) >= 11 is 0. The maximum Gasteiger partial charge on any atom is 0.264 e. The molecule has 6 nitrogen and oxygen atoms in total. The number of hydrogen-bond donors (Lipinski definition) is 2. The van der Waals surface area contributed by atoms with Crippen molar-refractivity contribution in [1.82, 2.24) is 5.32 Å². The summed E-state index contributed by atoms with van der Waals surface area (Å²) in [6, 6.07) is 13.7. The fraction of sp³-hybridized carbons (Fsp3) is 0.192. The third-order valence-corrected chi connectivity index (χ3v) is 6.97. The van der Waals surface area contributed by atoms with Gasteiger partial charge in [0.1, 0.15) is 22.3 Å². The van der Waals surface area contributed by atoms with Gasteiger partial charge in [0.25, 0.3) is 10.0 Å². The first-order chi connectivity index (χ1) is 16.5. The van der Waals surface area contributed by atoms with Crippen LogP contribution >= 0.6 is 0 Å². The van der Waals surface area contributed by atoms with Gasteiger partial charge >= 0.3 is 0 Å². The third-order valence-electron chi connectivity index (χ3n) is 5.57. The van der Waals surface area contributed by atoms with Crippen LogP contribution in [0.15, 0.2) is 71.6 Å². The monoisotopic (exact) mass is 498 g/mol. The maximum absolute atomic E-state index is 14.0.